The van der Waals surface area contributed by atoms with Gasteiger partial charge in [-0.1, -0.05) is 41.9 Å². The summed E-state index contributed by atoms with van der Waals surface area (Å²) < 4.78 is 6.67. The van der Waals surface area contributed by atoms with Crippen LogP contribution in [0, 0.1) is 13.8 Å². The average molecular weight is 425 g/mol. The molecule has 0 bridgehead atoms. The summed E-state index contributed by atoms with van der Waals surface area (Å²) >= 11 is 9.73. The molecule has 1 N–H and O–H groups in total. The molecule has 5 heteroatoms. The molecule has 2 aromatic rings. The monoisotopic (exact) mass is 423 g/mol. The fourth-order valence-electron chi connectivity index (χ4n) is 2.56. The second-order valence-corrected chi connectivity index (χ2v) is 7.27. The lowest BCUT2D eigenvalue weighted by atomic mass is 10.1. The first kappa shape index (κ1) is 19.8. The molecule has 25 heavy (non-hydrogen) atoms. The molecule has 0 aromatic heterocycles. The second kappa shape index (κ2) is 9.25. The van der Waals surface area contributed by atoms with E-state index in [-0.39, 0.29) is 11.9 Å². The van der Waals surface area contributed by atoms with Gasteiger partial charge in [-0.05, 0) is 65.9 Å². The van der Waals surface area contributed by atoms with Crippen LogP contribution in [0.5, 0.6) is 5.75 Å². The maximum Gasteiger partial charge on any atom is 0.220 e. The van der Waals surface area contributed by atoms with Crippen LogP contribution >= 0.6 is 27.5 Å². The molecule has 1 unspecified atom stereocenters. The van der Waals surface area contributed by atoms with Gasteiger partial charge in [-0.2, -0.15) is 0 Å². The molecule has 1 atom stereocenters. The van der Waals surface area contributed by atoms with Gasteiger partial charge in [0.1, 0.15) is 5.75 Å². The predicted molar refractivity (Wildman–Crippen MR) is 106 cm³/mol. The molecule has 1 amide bonds. The van der Waals surface area contributed by atoms with E-state index < -0.39 is 0 Å². The van der Waals surface area contributed by atoms with Crippen LogP contribution in [-0.2, 0) is 4.79 Å². The van der Waals surface area contributed by atoms with Crippen LogP contribution in [0.15, 0.2) is 40.9 Å². The molecule has 0 fully saturated rings. The third-order valence-electron chi connectivity index (χ3n) is 4.05. The smallest absolute Gasteiger partial charge is 0.220 e. The Balaban J connectivity index is 1.79. The first-order valence-electron chi connectivity index (χ1n) is 8.32. The number of amides is 1. The summed E-state index contributed by atoms with van der Waals surface area (Å²) in [6, 6.07) is 11.8. The van der Waals surface area contributed by atoms with Crippen molar-refractivity contribution >= 4 is 33.4 Å². The van der Waals surface area contributed by atoms with Gasteiger partial charge in [0.25, 0.3) is 0 Å². The lowest BCUT2D eigenvalue weighted by Gasteiger charge is -2.15. The van der Waals surface area contributed by atoms with Gasteiger partial charge in [0.15, 0.2) is 0 Å². The highest BCUT2D eigenvalue weighted by Gasteiger charge is 2.12. The van der Waals surface area contributed by atoms with Gasteiger partial charge in [0.2, 0.25) is 5.91 Å². The van der Waals surface area contributed by atoms with Crippen molar-refractivity contribution < 1.29 is 9.53 Å². The van der Waals surface area contributed by atoms with Crippen LogP contribution in [0.1, 0.15) is 42.5 Å². The first-order chi connectivity index (χ1) is 11.9. The number of carbonyl (C=O) groups excluding carboxylic acids is 1. The Bertz CT molecular complexity index is 734. The number of halogens is 2. The summed E-state index contributed by atoms with van der Waals surface area (Å²) in [7, 11) is 0. The second-order valence-electron chi connectivity index (χ2n) is 6.10. The molecule has 3 nitrogen and oxygen atoms in total. The zero-order valence-electron chi connectivity index (χ0n) is 14.7. The number of nitrogens with one attached hydrogen (secondary N) is 1. The summed E-state index contributed by atoms with van der Waals surface area (Å²) in [4.78, 5) is 12.1. The Kier molecular flexibility index (Phi) is 7.33. The number of hydrogen-bond donors (Lipinski definition) is 1. The Labute approximate surface area is 162 Å². The van der Waals surface area contributed by atoms with Crippen molar-refractivity contribution in [3.05, 3.63) is 62.6 Å². The molecule has 0 spiro atoms. The Hall–Kier alpha value is -1.52. The van der Waals surface area contributed by atoms with Crippen molar-refractivity contribution in [1.29, 1.82) is 0 Å². The van der Waals surface area contributed by atoms with Crippen molar-refractivity contribution in [2.75, 3.05) is 6.61 Å². The predicted octanol–water partition coefficient (Wildman–Crippen LogP) is 5.76. The molecular formula is C20H23BrClNO2. The highest BCUT2D eigenvalue weighted by atomic mass is 79.9. The molecule has 0 radical (unpaired) electrons. The lowest BCUT2D eigenvalue weighted by Crippen LogP contribution is -2.26. The molecule has 2 aromatic carbocycles. The Morgan fingerprint density at radius 3 is 2.64 bits per heavy atom. The summed E-state index contributed by atoms with van der Waals surface area (Å²) in [5, 5.41) is 3.75. The van der Waals surface area contributed by atoms with Gasteiger partial charge in [0, 0.05) is 11.4 Å². The largest absolute Gasteiger partial charge is 0.492 e. The van der Waals surface area contributed by atoms with Crippen molar-refractivity contribution in [2.24, 2.45) is 0 Å². The van der Waals surface area contributed by atoms with E-state index in [2.05, 4.69) is 21.2 Å². The van der Waals surface area contributed by atoms with E-state index in [0.717, 1.165) is 31.9 Å². The zero-order valence-corrected chi connectivity index (χ0v) is 17.1. The van der Waals surface area contributed by atoms with Crippen LogP contribution < -0.4 is 10.1 Å². The molecule has 0 aliphatic heterocycles. The summed E-state index contributed by atoms with van der Waals surface area (Å²) in [5.41, 5.74) is 3.04. The maximum absolute atomic E-state index is 12.1. The number of benzene rings is 2. The molecular weight excluding hydrogens is 402 g/mol. The molecule has 2 rings (SSSR count). The van der Waals surface area contributed by atoms with Crippen LogP contribution in [0.2, 0.25) is 5.02 Å². The maximum atomic E-state index is 12.1. The van der Waals surface area contributed by atoms with Gasteiger partial charge in [-0.15, -0.1) is 0 Å². The van der Waals surface area contributed by atoms with Crippen molar-refractivity contribution in [3.63, 3.8) is 0 Å². The fraction of sp³-hybridized carbons (Fsp3) is 0.350. The van der Waals surface area contributed by atoms with E-state index in [1.807, 2.05) is 57.2 Å². The minimum absolute atomic E-state index is 0.00493. The minimum Gasteiger partial charge on any atom is -0.492 e. The van der Waals surface area contributed by atoms with E-state index in [0.29, 0.717) is 19.4 Å². The van der Waals surface area contributed by atoms with E-state index >= 15 is 0 Å². The van der Waals surface area contributed by atoms with Gasteiger partial charge < -0.3 is 10.1 Å². The summed E-state index contributed by atoms with van der Waals surface area (Å²) in [6.07, 6.45) is 1.08. The molecule has 134 valence electrons. The van der Waals surface area contributed by atoms with Crippen LogP contribution in [0.4, 0.5) is 0 Å². The number of carbonyl (C=O) groups is 1. The Morgan fingerprint density at radius 2 is 1.96 bits per heavy atom. The molecule has 0 saturated heterocycles. The van der Waals surface area contributed by atoms with Crippen LogP contribution in [0.3, 0.4) is 0 Å². The highest BCUT2D eigenvalue weighted by molar-refractivity contribution is 9.10. The molecule has 0 aliphatic carbocycles. The third kappa shape index (κ3) is 5.48. The summed E-state index contributed by atoms with van der Waals surface area (Å²) in [6.45, 7) is 6.37. The van der Waals surface area contributed by atoms with E-state index in [1.54, 1.807) is 0 Å². The Morgan fingerprint density at radius 1 is 1.28 bits per heavy atom. The highest BCUT2D eigenvalue weighted by Crippen LogP contribution is 2.35. The van der Waals surface area contributed by atoms with Crippen molar-refractivity contribution in [3.8, 4) is 5.75 Å². The van der Waals surface area contributed by atoms with Crippen LogP contribution in [0.25, 0.3) is 0 Å². The molecule has 0 aliphatic rings. The van der Waals surface area contributed by atoms with Gasteiger partial charge >= 0.3 is 0 Å². The first-order valence-corrected chi connectivity index (χ1v) is 9.49. The van der Waals surface area contributed by atoms with Crippen molar-refractivity contribution in [1.82, 2.24) is 5.32 Å². The normalized spacial score (nSPS) is 11.9. The number of aryl methyl sites for hydroxylation is 1. The molecule has 0 heterocycles. The molecule has 0 saturated carbocycles. The number of ether oxygens (including phenoxy) is 1. The standard InChI is InChI=1S/C20H23BrClNO2/c1-13-12-17(19(21)14(2)20(13)22)25-11-7-10-18(24)23-15(3)16-8-5-4-6-9-16/h4-6,8-9,12,15H,7,10-11H2,1-3H3,(H,23,24). The van der Waals surface area contributed by atoms with E-state index in [4.69, 9.17) is 16.3 Å². The SMILES string of the molecule is Cc1cc(OCCCC(=O)NC(C)c2ccccc2)c(Br)c(C)c1Cl. The summed E-state index contributed by atoms with van der Waals surface area (Å²) in [5.74, 6) is 0.792. The van der Waals surface area contributed by atoms with Gasteiger partial charge in [-0.3, -0.25) is 4.79 Å². The lowest BCUT2D eigenvalue weighted by molar-refractivity contribution is -0.121. The number of rotatable bonds is 7. The minimum atomic E-state index is 0.00493. The fourth-order valence-corrected chi connectivity index (χ4v) is 3.25. The van der Waals surface area contributed by atoms with E-state index in [9.17, 15) is 4.79 Å². The van der Waals surface area contributed by atoms with Crippen molar-refractivity contribution in [2.45, 2.75) is 39.7 Å². The van der Waals surface area contributed by atoms with E-state index in [1.165, 1.54) is 0 Å². The zero-order chi connectivity index (χ0) is 18.4. The number of hydrogen-bond acceptors (Lipinski definition) is 2. The quantitative estimate of drug-likeness (QED) is 0.574. The topological polar surface area (TPSA) is 38.3 Å². The van der Waals surface area contributed by atoms with Crippen LogP contribution in [-0.4, -0.2) is 12.5 Å². The third-order valence-corrected chi connectivity index (χ3v) is 5.62. The average Bonchev–Trinajstić information content (AvgIpc) is 2.61. The van der Waals surface area contributed by atoms with Gasteiger partial charge in [-0.25, -0.2) is 0 Å². The van der Waals surface area contributed by atoms with Gasteiger partial charge in [0.05, 0.1) is 17.1 Å².